The largest absolute Gasteiger partial charge is 0.325 e. The van der Waals surface area contributed by atoms with Gasteiger partial charge in [0, 0.05) is 23.8 Å². The predicted octanol–water partition coefficient (Wildman–Crippen LogP) is 3.26. The van der Waals surface area contributed by atoms with Gasteiger partial charge in [-0.25, -0.2) is 18.5 Å². The van der Waals surface area contributed by atoms with E-state index in [1.807, 2.05) is 24.6 Å². The second kappa shape index (κ2) is 8.40. The highest BCUT2D eigenvalue weighted by molar-refractivity contribution is 8.00. The van der Waals surface area contributed by atoms with E-state index in [4.69, 9.17) is 5.14 Å². The molecule has 9 heteroatoms. The number of hydrogen-bond donors (Lipinski definition) is 2. The molecule has 0 aliphatic heterocycles. The molecule has 0 aliphatic rings. The van der Waals surface area contributed by atoms with Gasteiger partial charge in [-0.1, -0.05) is 17.8 Å². The van der Waals surface area contributed by atoms with E-state index in [1.165, 1.54) is 36.0 Å². The standard InChI is InChI=1S/C20H22N4O3S2/c1-13-10-14(2)12-17(11-13)24-9-8-22-20(24)28-15(3)19(25)23-16-4-6-18(7-5-16)29(21,26)27/h4-12,15H,1-3H3,(H,23,25)(H2,21,26,27). The molecule has 0 fully saturated rings. The van der Waals surface area contributed by atoms with Crippen LogP contribution in [0.2, 0.25) is 0 Å². The van der Waals surface area contributed by atoms with Crippen LogP contribution in [0.25, 0.3) is 5.69 Å². The smallest absolute Gasteiger partial charge is 0.238 e. The summed E-state index contributed by atoms with van der Waals surface area (Å²) >= 11 is 1.34. The van der Waals surface area contributed by atoms with E-state index >= 15 is 0 Å². The van der Waals surface area contributed by atoms with Crippen molar-refractivity contribution >= 4 is 33.4 Å². The maximum atomic E-state index is 12.6. The Bertz CT molecular complexity index is 1120. The van der Waals surface area contributed by atoms with Crippen LogP contribution in [0.5, 0.6) is 0 Å². The quantitative estimate of drug-likeness (QED) is 0.584. The molecule has 1 aromatic heterocycles. The van der Waals surface area contributed by atoms with E-state index < -0.39 is 15.3 Å². The molecule has 1 atom stereocenters. The first-order chi connectivity index (χ1) is 13.6. The summed E-state index contributed by atoms with van der Waals surface area (Å²) in [5.74, 6) is -0.215. The summed E-state index contributed by atoms with van der Waals surface area (Å²) in [4.78, 5) is 16.9. The third-order valence-corrected chi connectivity index (χ3v) is 6.20. The zero-order chi connectivity index (χ0) is 21.2. The lowest BCUT2D eigenvalue weighted by Crippen LogP contribution is -2.23. The van der Waals surface area contributed by atoms with Gasteiger partial charge in [-0.3, -0.25) is 9.36 Å². The molecule has 7 nitrogen and oxygen atoms in total. The molecule has 3 rings (SSSR count). The number of carbonyl (C=O) groups is 1. The number of nitrogens with one attached hydrogen (secondary N) is 1. The van der Waals surface area contributed by atoms with Gasteiger partial charge in [0.05, 0.1) is 10.1 Å². The van der Waals surface area contributed by atoms with Gasteiger partial charge in [0.25, 0.3) is 0 Å². The van der Waals surface area contributed by atoms with Crippen molar-refractivity contribution in [2.24, 2.45) is 5.14 Å². The van der Waals surface area contributed by atoms with Gasteiger partial charge in [0.15, 0.2) is 5.16 Å². The maximum Gasteiger partial charge on any atom is 0.238 e. The molecule has 0 aliphatic carbocycles. The lowest BCUT2D eigenvalue weighted by atomic mass is 10.1. The van der Waals surface area contributed by atoms with Crippen LogP contribution in [0.4, 0.5) is 5.69 Å². The number of sulfonamides is 1. The van der Waals surface area contributed by atoms with Crippen molar-refractivity contribution in [1.29, 1.82) is 0 Å². The molecule has 152 valence electrons. The van der Waals surface area contributed by atoms with Crippen molar-refractivity contribution < 1.29 is 13.2 Å². The summed E-state index contributed by atoms with van der Waals surface area (Å²) in [5.41, 5.74) is 3.79. The van der Waals surface area contributed by atoms with Gasteiger partial charge < -0.3 is 5.32 Å². The van der Waals surface area contributed by atoms with Crippen LogP contribution in [0, 0.1) is 13.8 Å². The molecule has 3 N–H and O–H groups in total. The maximum absolute atomic E-state index is 12.6. The number of thioether (sulfide) groups is 1. The van der Waals surface area contributed by atoms with Crippen molar-refractivity contribution in [1.82, 2.24) is 9.55 Å². The molecule has 2 aromatic carbocycles. The van der Waals surface area contributed by atoms with E-state index in [9.17, 15) is 13.2 Å². The van der Waals surface area contributed by atoms with Gasteiger partial charge in [0.1, 0.15) is 0 Å². The number of carbonyl (C=O) groups excluding carboxylic acids is 1. The van der Waals surface area contributed by atoms with Gasteiger partial charge in [-0.2, -0.15) is 0 Å². The molecular formula is C20H22N4O3S2. The van der Waals surface area contributed by atoms with Crippen molar-refractivity contribution in [2.75, 3.05) is 5.32 Å². The molecule has 1 unspecified atom stereocenters. The second-order valence-electron chi connectivity index (χ2n) is 6.74. The van der Waals surface area contributed by atoms with Crippen LogP contribution in [-0.4, -0.2) is 29.1 Å². The summed E-state index contributed by atoms with van der Waals surface area (Å²) in [6.07, 6.45) is 3.57. The Morgan fingerprint density at radius 1 is 1.14 bits per heavy atom. The Kier molecular flexibility index (Phi) is 6.11. The fourth-order valence-electron chi connectivity index (χ4n) is 2.85. The van der Waals surface area contributed by atoms with Crippen molar-refractivity contribution in [2.45, 2.75) is 36.1 Å². The van der Waals surface area contributed by atoms with Crippen LogP contribution >= 0.6 is 11.8 Å². The van der Waals surface area contributed by atoms with Crippen molar-refractivity contribution in [3.63, 3.8) is 0 Å². The van der Waals surface area contributed by atoms with Crippen molar-refractivity contribution in [3.8, 4) is 5.69 Å². The van der Waals surface area contributed by atoms with Crippen LogP contribution in [0.3, 0.4) is 0 Å². The third kappa shape index (κ3) is 5.26. The Balaban J connectivity index is 1.72. The summed E-state index contributed by atoms with van der Waals surface area (Å²) in [6, 6.07) is 12.0. The highest BCUT2D eigenvalue weighted by Crippen LogP contribution is 2.26. The number of nitrogens with zero attached hydrogens (tertiary/aromatic N) is 2. The predicted molar refractivity (Wildman–Crippen MR) is 115 cm³/mol. The van der Waals surface area contributed by atoms with E-state index in [-0.39, 0.29) is 10.8 Å². The second-order valence-corrected chi connectivity index (χ2v) is 9.61. The summed E-state index contributed by atoms with van der Waals surface area (Å²) in [7, 11) is -3.76. The van der Waals surface area contributed by atoms with Gasteiger partial charge >= 0.3 is 0 Å². The fourth-order valence-corrected chi connectivity index (χ4v) is 4.25. The Morgan fingerprint density at radius 3 is 2.34 bits per heavy atom. The van der Waals surface area contributed by atoms with Crippen LogP contribution in [0.1, 0.15) is 18.1 Å². The number of primary sulfonamides is 1. The van der Waals surface area contributed by atoms with Crippen molar-refractivity contribution in [3.05, 3.63) is 66.0 Å². The number of imidazole rings is 1. The minimum Gasteiger partial charge on any atom is -0.325 e. The van der Waals surface area contributed by atoms with Gasteiger partial charge in [-0.05, 0) is 68.3 Å². The van der Waals surface area contributed by atoms with Crippen LogP contribution in [0.15, 0.2) is 64.9 Å². The molecule has 0 bridgehead atoms. The minimum atomic E-state index is -3.76. The fraction of sp³-hybridized carbons (Fsp3) is 0.200. The number of anilines is 1. The number of aromatic nitrogens is 2. The number of hydrogen-bond acceptors (Lipinski definition) is 5. The topological polar surface area (TPSA) is 107 Å². The average Bonchev–Trinajstić information content (AvgIpc) is 3.08. The molecule has 0 saturated heterocycles. The number of amides is 1. The number of benzene rings is 2. The molecule has 29 heavy (non-hydrogen) atoms. The number of rotatable bonds is 6. The SMILES string of the molecule is Cc1cc(C)cc(-n2ccnc2SC(C)C(=O)Nc2ccc(S(N)(=O)=O)cc2)c1. The normalized spacial score (nSPS) is 12.6. The van der Waals surface area contributed by atoms with Crippen LogP contribution in [-0.2, 0) is 14.8 Å². The Labute approximate surface area is 174 Å². The lowest BCUT2D eigenvalue weighted by molar-refractivity contribution is -0.115. The minimum absolute atomic E-state index is 0.00611. The van der Waals surface area contributed by atoms with E-state index in [2.05, 4.69) is 28.5 Å². The summed E-state index contributed by atoms with van der Waals surface area (Å²) in [6.45, 7) is 5.87. The van der Waals surface area contributed by atoms with E-state index in [0.717, 1.165) is 16.8 Å². The average molecular weight is 431 g/mol. The highest BCUT2D eigenvalue weighted by atomic mass is 32.2. The molecule has 1 amide bonds. The molecule has 1 heterocycles. The zero-order valence-corrected chi connectivity index (χ0v) is 17.9. The summed E-state index contributed by atoms with van der Waals surface area (Å²) in [5, 5.41) is 8.16. The van der Waals surface area contributed by atoms with Gasteiger partial charge in [0.2, 0.25) is 15.9 Å². The highest BCUT2D eigenvalue weighted by Gasteiger charge is 2.18. The number of aryl methyl sites for hydroxylation is 2. The Hall–Kier alpha value is -2.62. The van der Waals surface area contributed by atoms with E-state index in [1.54, 1.807) is 13.1 Å². The van der Waals surface area contributed by atoms with Crippen LogP contribution < -0.4 is 10.5 Å². The summed E-state index contributed by atoms with van der Waals surface area (Å²) < 4.78 is 24.6. The molecule has 3 aromatic rings. The molecule has 0 radical (unpaired) electrons. The lowest BCUT2D eigenvalue weighted by Gasteiger charge is -2.14. The zero-order valence-electron chi connectivity index (χ0n) is 16.3. The van der Waals surface area contributed by atoms with Gasteiger partial charge in [-0.15, -0.1) is 0 Å². The molecule has 0 saturated carbocycles. The van der Waals surface area contributed by atoms with E-state index in [0.29, 0.717) is 10.8 Å². The molecule has 0 spiro atoms. The molecular weight excluding hydrogens is 408 g/mol. The first-order valence-electron chi connectivity index (χ1n) is 8.86. The third-order valence-electron chi connectivity index (χ3n) is 4.19. The monoisotopic (exact) mass is 430 g/mol. The first kappa shape index (κ1) is 21.1. The first-order valence-corrected chi connectivity index (χ1v) is 11.3. The Morgan fingerprint density at radius 2 is 1.76 bits per heavy atom. The number of nitrogens with two attached hydrogens (primary N) is 1.